The van der Waals surface area contributed by atoms with E-state index >= 15 is 0 Å². The molecule has 2 aliphatic heterocycles. The van der Waals surface area contributed by atoms with E-state index in [1.807, 2.05) is 27.9 Å². The van der Waals surface area contributed by atoms with Crippen molar-refractivity contribution in [2.75, 3.05) is 14.1 Å². The Balaban J connectivity index is 0. The van der Waals surface area contributed by atoms with E-state index in [0.29, 0.717) is 0 Å². The molecule has 2 unspecified atom stereocenters. The maximum atomic E-state index is 9.75. The monoisotopic (exact) mass is 570 g/mol. The summed E-state index contributed by atoms with van der Waals surface area (Å²) in [4.78, 5) is 6.91. The van der Waals surface area contributed by atoms with E-state index in [0.717, 1.165) is 11.7 Å². The van der Waals surface area contributed by atoms with Gasteiger partial charge in [0.05, 0.1) is 0 Å². The van der Waals surface area contributed by atoms with Gasteiger partial charge in [0.15, 0.2) is 9.99 Å². The second kappa shape index (κ2) is 9.46. The molecule has 0 spiro atoms. The van der Waals surface area contributed by atoms with Crippen molar-refractivity contribution >= 4 is 44.2 Å². The van der Waals surface area contributed by atoms with Crippen molar-refractivity contribution in [2.45, 2.75) is 37.7 Å². The zero-order valence-corrected chi connectivity index (χ0v) is 17.7. The minimum absolute atomic E-state index is 0. The molecule has 0 amide bonds. The zero-order valence-electron chi connectivity index (χ0n) is 13.9. The van der Waals surface area contributed by atoms with Crippen LogP contribution >= 0.6 is 0 Å². The van der Waals surface area contributed by atoms with E-state index < -0.39 is 17.2 Å². The summed E-state index contributed by atoms with van der Waals surface area (Å²) in [6.07, 6.45) is 0. The fourth-order valence-corrected chi connectivity index (χ4v) is 2.00. The molecule has 0 radical (unpaired) electrons. The Labute approximate surface area is 165 Å². The van der Waals surface area contributed by atoms with Crippen molar-refractivity contribution in [1.82, 2.24) is 0 Å². The third kappa shape index (κ3) is 12.2. The van der Waals surface area contributed by atoms with Crippen LogP contribution in [0.3, 0.4) is 0 Å². The minimum Gasteiger partial charge on any atom is -0.707 e. The van der Waals surface area contributed by atoms with Crippen molar-refractivity contribution in [2.24, 2.45) is 20.2 Å². The summed E-state index contributed by atoms with van der Waals surface area (Å²) in [6, 6.07) is 0. The molecule has 0 aromatic carbocycles. The van der Waals surface area contributed by atoms with Crippen molar-refractivity contribution in [3.8, 4) is 0 Å². The Kier molecular flexibility index (Phi) is 10.2. The Bertz CT molecular complexity index is 484. The van der Waals surface area contributed by atoms with Gasteiger partial charge in [-0.2, -0.15) is 0 Å². The van der Waals surface area contributed by atoms with Crippen molar-refractivity contribution in [3.63, 3.8) is 0 Å². The van der Waals surface area contributed by atoms with Gasteiger partial charge in [-0.3, -0.25) is 0 Å². The molecular weight excluding hydrogens is 552 g/mol. The number of halogens is 4. The number of rotatable bonds is 0. The van der Waals surface area contributed by atoms with Crippen LogP contribution in [0.25, 0.3) is 0 Å². The quantitative estimate of drug-likeness (QED) is 0.195. The molecule has 2 heterocycles. The summed E-state index contributed by atoms with van der Waals surface area (Å²) < 4.78 is 42.4. The van der Waals surface area contributed by atoms with Gasteiger partial charge in [0.1, 0.15) is 14.1 Å². The van der Waals surface area contributed by atoms with Crippen LogP contribution < -0.4 is 0 Å². The Hall–Kier alpha value is -0.235. The van der Waals surface area contributed by atoms with Crippen molar-refractivity contribution < 1.29 is 49.0 Å². The van der Waals surface area contributed by atoms with E-state index in [-0.39, 0.29) is 22.4 Å². The first kappa shape index (κ1) is 26.0. The fourth-order valence-electron chi connectivity index (χ4n) is 1.49. The summed E-state index contributed by atoms with van der Waals surface area (Å²) >= 11 is 9.93. The molecule has 24 heavy (non-hydrogen) atoms. The van der Waals surface area contributed by atoms with Gasteiger partial charge < -0.3 is 42.5 Å². The number of hydrogen-bond acceptors (Lipinski definition) is 6. The molecule has 6 nitrogen and oxygen atoms in total. The predicted octanol–water partition coefficient (Wildman–Crippen LogP) is 2.76. The molecule has 0 saturated heterocycles. The van der Waals surface area contributed by atoms with E-state index in [9.17, 15) is 17.3 Å². The Morgan fingerprint density at radius 3 is 1.08 bits per heavy atom. The maximum Gasteiger partial charge on any atom is 1.00 e. The third-order valence-corrected chi connectivity index (χ3v) is 2.69. The molecule has 14 heteroatoms. The summed E-state index contributed by atoms with van der Waals surface area (Å²) in [5, 5.41) is 8.09. The van der Waals surface area contributed by atoms with Gasteiger partial charge in [-0.1, -0.05) is 20.2 Å². The van der Waals surface area contributed by atoms with Gasteiger partial charge in [-0.15, -0.1) is 9.39 Å². The predicted molar refractivity (Wildman–Crippen MR) is 85.2 cm³/mol. The van der Waals surface area contributed by atoms with Crippen LogP contribution in [0.1, 0.15) is 27.7 Å². The van der Waals surface area contributed by atoms with Gasteiger partial charge in [-0.25, -0.2) is 0 Å². The first-order valence-electron chi connectivity index (χ1n) is 6.36. The molecular formula is C10H18AuBF4N6S2. The molecule has 0 aromatic heterocycles. The van der Waals surface area contributed by atoms with Crippen molar-refractivity contribution in [1.29, 1.82) is 0 Å². The smallest absolute Gasteiger partial charge is 0.707 e. The van der Waals surface area contributed by atoms with Crippen molar-refractivity contribution in [3.05, 3.63) is 0 Å². The summed E-state index contributed by atoms with van der Waals surface area (Å²) in [5.74, 6) is 1.76. The molecule has 142 valence electrons. The van der Waals surface area contributed by atoms with Crippen LogP contribution in [-0.4, -0.2) is 52.4 Å². The fraction of sp³-hybridized carbons (Fsp3) is 0.800. The summed E-state index contributed by atoms with van der Waals surface area (Å²) in [6.45, 7) is 7.38. The molecule has 0 saturated carbocycles. The SMILES string of the molecule is CC1=NC(C)([S-])N=[N+]1C.CC1=NC(C)([S-])N=[N+]1C.F[B-](F)(F)F.[Au+]. The summed E-state index contributed by atoms with van der Waals surface area (Å²) in [5.41, 5.74) is 0. The standard InChI is InChI=1S/2C5H9N3S.Au.BF4/c2*1-4-6-5(2,9)7-8(4)3;;2-1(3,4)5/h2*1-3H3;;/q;;+1;-1. The molecule has 0 bridgehead atoms. The van der Waals surface area contributed by atoms with E-state index in [1.54, 1.807) is 23.2 Å². The second-order valence-corrected chi connectivity index (χ2v) is 6.47. The third-order valence-electron chi connectivity index (χ3n) is 2.35. The molecule has 0 aliphatic carbocycles. The minimum atomic E-state index is -6.00. The number of nitrogens with zero attached hydrogens (tertiary/aromatic N) is 6. The van der Waals surface area contributed by atoms with Gasteiger partial charge in [0.25, 0.3) is 0 Å². The molecule has 2 rings (SSSR count). The first-order valence-corrected chi connectivity index (χ1v) is 7.18. The van der Waals surface area contributed by atoms with Crippen LogP contribution in [0.15, 0.2) is 20.2 Å². The average molecular weight is 570 g/mol. The molecule has 2 atom stereocenters. The average Bonchev–Trinajstić information content (AvgIpc) is 2.60. The first-order chi connectivity index (χ1) is 10.0. The number of hydrogen-bond donors (Lipinski definition) is 0. The largest absolute Gasteiger partial charge is 1.00 e. The van der Waals surface area contributed by atoms with E-state index in [2.05, 4.69) is 20.2 Å². The molecule has 0 aromatic rings. The van der Waals surface area contributed by atoms with Crippen LogP contribution in [0.5, 0.6) is 0 Å². The second-order valence-electron chi connectivity index (χ2n) is 4.93. The number of azo groups is 4. The Morgan fingerprint density at radius 1 is 0.833 bits per heavy atom. The maximum absolute atomic E-state index is 9.75. The van der Waals surface area contributed by atoms with E-state index in [4.69, 9.17) is 25.3 Å². The topological polar surface area (TPSA) is 55.5 Å². The van der Waals surface area contributed by atoms with E-state index in [1.165, 1.54) is 0 Å². The van der Waals surface area contributed by atoms with Crippen LogP contribution in [0.2, 0.25) is 0 Å². The van der Waals surface area contributed by atoms with Gasteiger partial charge >= 0.3 is 41.3 Å². The molecule has 0 N–H and O–H groups in total. The van der Waals surface area contributed by atoms with Gasteiger partial charge in [-0.05, 0) is 13.8 Å². The molecule has 0 fully saturated rings. The summed E-state index contributed by atoms with van der Waals surface area (Å²) in [7, 11) is -2.31. The number of aliphatic imine (C=N–C) groups is 2. The van der Waals surface area contributed by atoms with Gasteiger partial charge in [0, 0.05) is 13.8 Å². The normalized spacial score (nSPS) is 28.2. The number of amidine groups is 2. The van der Waals surface area contributed by atoms with Crippen LogP contribution in [0, 0.1) is 0 Å². The van der Waals surface area contributed by atoms with Crippen LogP contribution in [-0.2, 0) is 47.6 Å². The zero-order chi connectivity index (χ0) is 18.6. The van der Waals surface area contributed by atoms with Crippen LogP contribution in [0.4, 0.5) is 17.3 Å². The molecule has 2 aliphatic rings. The van der Waals surface area contributed by atoms with Gasteiger partial charge in [0.2, 0.25) is 0 Å². The Morgan fingerprint density at radius 2 is 1.04 bits per heavy atom.